The van der Waals surface area contributed by atoms with Crippen LogP contribution in [0, 0.1) is 13.8 Å². The van der Waals surface area contributed by atoms with E-state index < -0.39 is 0 Å². The first-order valence-corrected chi connectivity index (χ1v) is 10.9. The van der Waals surface area contributed by atoms with Crippen LogP contribution < -0.4 is 5.32 Å². The van der Waals surface area contributed by atoms with Gasteiger partial charge in [-0.15, -0.1) is 10.2 Å². The Morgan fingerprint density at radius 1 is 0.968 bits per heavy atom. The van der Waals surface area contributed by atoms with E-state index in [0.717, 1.165) is 28.1 Å². The lowest BCUT2D eigenvalue weighted by molar-refractivity contribution is -0.115. The molecule has 0 saturated carbocycles. The topological polar surface area (TPSA) is 72.7 Å². The second-order valence-electron chi connectivity index (χ2n) is 7.28. The Morgan fingerprint density at radius 2 is 1.68 bits per heavy atom. The summed E-state index contributed by atoms with van der Waals surface area (Å²) in [6.07, 6.45) is 3.47. The summed E-state index contributed by atoms with van der Waals surface area (Å²) in [6, 6.07) is 19.6. The van der Waals surface area contributed by atoms with Crippen molar-refractivity contribution >= 4 is 23.4 Å². The van der Waals surface area contributed by atoms with E-state index in [4.69, 9.17) is 0 Å². The van der Waals surface area contributed by atoms with Crippen molar-refractivity contribution in [1.29, 1.82) is 0 Å². The van der Waals surface area contributed by atoms with Gasteiger partial charge in [-0.1, -0.05) is 47.7 Å². The number of hydrogen-bond donors (Lipinski definition) is 1. The van der Waals surface area contributed by atoms with Crippen molar-refractivity contribution in [3.05, 3.63) is 84.2 Å². The molecular formula is C24H23N5OS. The summed E-state index contributed by atoms with van der Waals surface area (Å²) in [7, 11) is 0. The van der Waals surface area contributed by atoms with Gasteiger partial charge in [-0.3, -0.25) is 14.3 Å². The number of anilines is 1. The highest BCUT2D eigenvalue weighted by molar-refractivity contribution is 8.00. The van der Waals surface area contributed by atoms with Gasteiger partial charge in [-0.25, -0.2) is 0 Å². The molecule has 0 spiro atoms. The monoisotopic (exact) mass is 429 g/mol. The Kier molecular flexibility index (Phi) is 6.13. The van der Waals surface area contributed by atoms with Crippen molar-refractivity contribution in [2.24, 2.45) is 0 Å². The largest absolute Gasteiger partial charge is 0.325 e. The first-order chi connectivity index (χ1) is 15.0. The smallest absolute Gasteiger partial charge is 0.237 e. The second kappa shape index (κ2) is 9.14. The number of hydrogen-bond acceptors (Lipinski definition) is 5. The Labute approximate surface area is 185 Å². The Hall–Kier alpha value is -3.45. The van der Waals surface area contributed by atoms with Crippen LogP contribution in [0.2, 0.25) is 0 Å². The van der Waals surface area contributed by atoms with E-state index in [0.29, 0.717) is 11.0 Å². The van der Waals surface area contributed by atoms with E-state index >= 15 is 0 Å². The van der Waals surface area contributed by atoms with Gasteiger partial charge in [0, 0.05) is 23.6 Å². The molecule has 0 unspecified atom stereocenters. The molecule has 0 saturated heterocycles. The summed E-state index contributed by atoms with van der Waals surface area (Å²) in [4.78, 5) is 16.9. The predicted molar refractivity (Wildman–Crippen MR) is 124 cm³/mol. The minimum absolute atomic E-state index is 0.0846. The van der Waals surface area contributed by atoms with Crippen molar-refractivity contribution in [3.63, 3.8) is 0 Å². The molecule has 1 atom stereocenters. The van der Waals surface area contributed by atoms with Gasteiger partial charge in [-0.05, 0) is 56.7 Å². The van der Waals surface area contributed by atoms with Crippen molar-refractivity contribution in [3.8, 4) is 17.1 Å². The van der Waals surface area contributed by atoms with Crippen molar-refractivity contribution in [2.45, 2.75) is 31.2 Å². The van der Waals surface area contributed by atoms with E-state index in [9.17, 15) is 4.79 Å². The van der Waals surface area contributed by atoms with Crippen LogP contribution in [0.15, 0.2) is 78.2 Å². The fraction of sp³-hybridized carbons (Fsp3) is 0.167. The lowest BCUT2D eigenvalue weighted by Gasteiger charge is -2.15. The van der Waals surface area contributed by atoms with Crippen LogP contribution in [0.3, 0.4) is 0 Å². The molecule has 2 aromatic carbocycles. The predicted octanol–water partition coefficient (Wildman–Crippen LogP) is 5.07. The normalized spacial score (nSPS) is 11.8. The van der Waals surface area contributed by atoms with Crippen molar-refractivity contribution in [2.75, 3.05) is 5.32 Å². The number of aryl methyl sites for hydroxylation is 2. The SMILES string of the molecule is Cc1ccc(NC(=O)[C@@H](C)Sc2nnc(-c3ccncc3)n2-c2ccccc2C)cc1. The third kappa shape index (κ3) is 4.67. The van der Waals surface area contributed by atoms with Crippen LogP contribution >= 0.6 is 11.8 Å². The lowest BCUT2D eigenvalue weighted by atomic mass is 10.2. The Balaban J connectivity index is 1.65. The molecule has 4 rings (SSSR count). The van der Waals surface area contributed by atoms with Gasteiger partial charge in [0.05, 0.1) is 10.9 Å². The molecule has 31 heavy (non-hydrogen) atoms. The number of para-hydroxylation sites is 1. The molecule has 2 aromatic heterocycles. The highest BCUT2D eigenvalue weighted by atomic mass is 32.2. The van der Waals surface area contributed by atoms with Crippen LogP contribution in [0.5, 0.6) is 0 Å². The van der Waals surface area contributed by atoms with E-state index in [1.54, 1.807) is 12.4 Å². The minimum Gasteiger partial charge on any atom is -0.325 e. The van der Waals surface area contributed by atoms with E-state index in [-0.39, 0.29) is 11.2 Å². The number of amides is 1. The number of aromatic nitrogens is 4. The number of benzene rings is 2. The van der Waals surface area contributed by atoms with Gasteiger partial charge < -0.3 is 5.32 Å². The maximum absolute atomic E-state index is 12.8. The van der Waals surface area contributed by atoms with Gasteiger partial charge in [0.1, 0.15) is 0 Å². The molecular weight excluding hydrogens is 406 g/mol. The molecule has 0 aliphatic carbocycles. The maximum atomic E-state index is 12.8. The zero-order chi connectivity index (χ0) is 21.8. The molecule has 0 fully saturated rings. The first kappa shape index (κ1) is 20.8. The van der Waals surface area contributed by atoms with E-state index in [1.807, 2.05) is 86.0 Å². The third-order valence-electron chi connectivity index (χ3n) is 4.90. The molecule has 0 aliphatic rings. The molecule has 0 aliphatic heterocycles. The van der Waals surface area contributed by atoms with Crippen molar-refractivity contribution in [1.82, 2.24) is 19.7 Å². The van der Waals surface area contributed by atoms with Gasteiger partial charge >= 0.3 is 0 Å². The average molecular weight is 430 g/mol. The summed E-state index contributed by atoms with van der Waals surface area (Å²) < 4.78 is 2.00. The number of carbonyl (C=O) groups is 1. The highest BCUT2D eigenvalue weighted by Crippen LogP contribution is 2.31. The van der Waals surface area contributed by atoms with Crippen LogP contribution in [0.4, 0.5) is 5.69 Å². The number of nitrogens with zero attached hydrogens (tertiary/aromatic N) is 4. The molecule has 4 aromatic rings. The number of carbonyl (C=O) groups excluding carboxylic acids is 1. The van der Waals surface area contributed by atoms with Crippen LogP contribution in [0.1, 0.15) is 18.1 Å². The maximum Gasteiger partial charge on any atom is 0.237 e. The third-order valence-corrected chi connectivity index (χ3v) is 5.94. The van der Waals surface area contributed by atoms with Gasteiger partial charge in [-0.2, -0.15) is 0 Å². The second-order valence-corrected chi connectivity index (χ2v) is 8.59. The molecule has 6 nitrogen and oxygen atoms in total. The summed E-state index contributed by atoms with van der Waals surface area (Å²) in [5.41, 5.74) is 4.91. The molecule has 1 amide bonds. The molecule has 0 radical (unpaired) electrons. The first-order valence-electron chi connectivity index (χ1n) is 9.99. The van der Waals surface area contributed by atoms with Crippen LogP contribution in [0.25, 0.3) is 17.1 Å². The Morgan fingerprint density at radius 3 is 2.39 bits per heavy atom. The highest BCUT2D eigenvalue weighted by Gasteiger charge is 2.22. The molecule has 156 valence electrons. The molecule has 0 bridgehead atoms. The number of thioether (sulfide) groups is 1. The molecule has 7 heteroatoms. The summed E-state index contributed by atoms with van der Waals surface area (Å²) in [5, 5.41) is 12.1. The number of nitrogens with one attached hydrogen (secondary N) is 1. The van der Waals surface area contributed by atoms with Gasteiger partial charge in [0.25, 0.3) is 0 Å². The summed E-state index contributed by atoms with van der Waals surface area (Å²) in [6.45, 7) is 5.94. The molecule has 1 N–H and O–H groups in total. The number of rotatable bonds is 6. The Bertz CT molecular complexity index is 1190. The summed E-state index contributed by atoms with van der Waals surface area (Å²) in [5.74, 6) is 0.629. The van der Waals surface area contributed by atoms with Gasteiger partial charge in [0.15, 0.2) is 11.0 Å². The zero-order valence-electron chi connectivity index (χ0n) is 17.6. The van der Waals surface area contributed by atoms with Gasteiger partial charge in [0.2, 0.25) is 5.91 Å². The van der Waals surface area contributed by atoms with E-state index in [2.05, 4.69) is 20.5 Å². The average Bonchev–Trinajstić information content (AvgIpc) is 3.19. The molecule has 2 heterocycles. The van der Waals surface area contributed by atoms with E-state index in [1.165, 1.54) is 11.8 Å². The van der Waals surface area contributed by atoms with Crippen LogP contribution in [-0.4, -0.2) is 30.9 Å². The summed E-state index contributed by atoms with van der Waals surface area (Å²) >= 11 is 1.38. The lowest BCUT2D eigenvalue weighted by Crippen LogP contribution is -2.22. The number of pyridine rings is 1. The fourth-order valence-corrected chi connectivity index (χ4v) is 4.02. The quantitative estimate of drug-likeness (QED) is 0.434. The zero-order valence-corrected chi connectivity index (χ0v) is 18.4. The minimum atomic E-state index is -0.362. The van der Waals surface area contributed by atoms with Crippen LogP contribution in [-0.2, 0) is 4.79 Å². The standard InChI is InChI=1S/C24H23N5OS/c1-16-8-10-20(11-9-16)26-23(30)18(3)31-24-28-27-22(19-12-14-25-15-13-19)29(24)21-7-5-4-6-17(21)2/h4-15,18H,1-3H3,(H,26,30)/t18-/m1/s1. The fourth-order valence-electron chi connectivity index (χ4n) is 3.16. The van der Waals surface area contributed by atoms with Crippen molar-refractivity contribution < 1.29 is 4.79 Å².